The molecule has 3 atom stereocenters. The second kappa shape index (κ2) is 6.96. The van der Waals surface area contributed by atoms with Crippen molar-refractivity contribution in [2.24, 2.45) is 5.92 Å². The number of esters is 1. The highest BCUT2D eigenvalue weighted by Crippen LogP contribution is 2.45. The Balaban J connectivity index is 1.85. The van der Waals surface area contributed by atoms with E-state index in [4.69, 9.17) is 4.74 Å². The molecule has 1 saturated heterocycles. The third kappa shape index (κ3) is 2.68. The number of nitrogens with one attached hydrogen (secondary N) is 1. The van der Waals surface area contributed by atoms with Crippen molar-refractivity contribution in [2.45, 2.75) is 38.8 Å². The van der Waals surface area contributed by atoms with Crippen LogP contribution in [-0.4, -0.2) is 54.1 Å². The highest BCUT2D eigenvalue weighted by molar-refractivity contribution is 6.02. The van der Waals surface area contributed by atoms with Crippen LogP contribution in [0.25, 0.3) is 0 Å². The Morgan fingerprint density at radius 2 is 1.86 bits per heavy atom. The van der Waals surface area contributed by atoms with Crippen LogP contribution in [0.15, 0.2) is 35.5 Å². The number of rotatable bonds is 4. The highest BCUT2D eigenvalue weighted by atomic mass is 16.5. The van der Waals surface area contributed by atoms with Gasteiger partial charge in [-0.15, -0.1) is 0 Å². The maximum Gasteiger partial charge on any atom is 0.336 e. The minimum Gasteiger partial charge on any atom is -0.456 e. The van der Waals surface area contributed by atoms with Crippen molar-refractivity contribution in [1.82, 2.24) is 15.1 Å². The summed E-state index contributed by atoms with van der Waals surface area (Å²) < 4.78 is 5.28. The van der Waals surface area contributed by atoms with Crippen molar-refractivity contribution in [1.29, 1.82) is 0 Å². The zero-order valence-corrected chi connectivity index (χ0v) is 16.4. The quantitative estimate of drug-likeness (QED) is 0.805. The molecule has 7 nitrogen and oxygen atoms in total. The molecule has 3 aliphatic heterocycles. The third-order valence-electron chi connectivity index (χ3n) is 5.92. The number of fused-ring (bicyclic) bond motifs is 1. The topological polar surface area (TPSA) is 79.0 Å². The predicted molar refractivity (Wildman–Crippen MR) is 102 cm³/mol. The van der Waals surface area contributed by atoms with Gasteiger partial charge in [0.05, 0.1) is 17.2 Å². The molecule has 7 heteroatoms. The molecule has 3 aliphatic rings. The summed E-state index contributed by atoms with van der Waals surface area (Å²) in [6.45, 7) is 4.76. The SMILES string of the molecule is CCCN1C(=O)N(C)C(=O)C2C(c3ccc(CC)cc3)C3=C(COC3=O)NC21. The molecule has 4 rings (SSSR count). The number of hydrogen-bond acceptors (Lipinski definition) is 5. The first-order valence-electron chi connectivity index (χ1n) is 9.81. The van der Waals surface area contributed by atoms with E-state index in [1.54, 1.807) is 4.90 Å². The largest absolute Gasteiger partial charge is 0.456 e. The van der Waals surface area contributed by atoms with Crippen molar-refractivity contribution in [3.05, 3.63) is 46.7 Å². The van der Waals surface area contributed by atoms with E-state index in [0.717, 1.165) is 18.4 Å². The Bertz CT molecular complexity index is 861. The second-order valence-electron chi connectivity index (χ2n) is 7.53. The molecular formula is C21H25N3O4. The Hall–Kier alpha value is -2.83. The van der Waals surface area contributed by atoms with E-state index in [2.05, 4.69) is 12.2 Å². The molecule has 3 amide bonds. The zero-order chi connectivity index (χ0) is 20.0. The molecule has 0 bridgehead atoms. The van der Waals surface area contributed by atoms with Crippen LogP contribution in [0.2, 0.25) is 0 Å². The molecule has 1 aromatic carbocycles. The molecule has 1 aromatic rings. The average Bonchev–Trinajstić information content (AvgIpc) is 3.09. The standard InChI is InChI=1S/C21H25N3O4/c1-4-10-24-18-17(19(25)23(3)21(24)27)15(13-8-6-12(5-2)7-9-13)16-14(22-18)11-28-20(16)26/h6-9,15,17-18,22H,4-5,10-11H2,1-3H3. The summed E-state index contributed by atoms with van der Waals surface area (Å²) in [5, 5.41) is 3.28. The minimum absolute atomic E-state index is 0.152. The van der Waals surface area contributed by atoms with Crippen molar-refractivity contribution >= 4 is 17.9 Å². The summed E-state index contributed by atoms with van der Waals surface area (Å²) in [5.41, 5.74) is 3.28. The number of carbonyl (C=O) groups is 3. The Kier molecular flexibility index (Phi) is 4.61. The van der Waals surface area contributed by atoms with Gasteiger partial charge in [-0.1, -0.05) is 38.1 Å². The van der Waals surface area contributed by atoms with Gasteiger partial charge >= 0.3 is 12.0 Å². The third-order valence-corrected chi connectivity index (χ3v) is 5.92. The van der Waals surface area contributed by atoms with Crippen molar-refractivity contribution in [3.63, 3.8) is 0 Å². The summed E-state index contributed by atoms with van der Waals surface area (Å²) in [6, 6.07) is 7.71. The van der Waals surface area contributed by atoms with E-state index in [9.17, 15) is 14.4 Å². The lowest BCUT2D eigenvalue weighted by Crippen LogP contribution is -2.67. The number of amides is 3. The fraction of sp³-hybridized carbons (Fsp3) is 0.476. The Morgan fingerprint density at radius 3 is 2.50 bits per heavy atom. The summed E-state index contributed by atoms with van der Waals surface area (Å²) in [7, 11) is 1.51. The van der Waals surface area contributed by atoms with Crippen LogP contribution in [0, 0.1) is 5.92 Å². The molecular weight excluding hydrogens is 358 g/mol. The average molecular weight is 383 g/mol. The van der Waals surface area contributed by atoms with Crippen LogP contribution in [0.4, 0.5) is 4.79 Å². The second-order valence-corrected chi connectivity index (χ2v) is 7.53. The van der Waals surface area contributed by atoms with Gasteiger partial charge in [0, 0.05) is 19.5 Å². The summed E-state index contributed by atoms with van der Waals surface area (Å²) >= 11 is 0. The number of benzene rings is 1. The summed E-state index contributed by atoms with van der Waals surface area (Å²) in [6.07, 6.45) is 1.20. The first-order chi connectivity index (χ1) is 13.5. The van der Waals surface area contributed by atoms with Gasteiger partial charge < -0.3 is 15.0 Å². The lowest BCUT2D eigenvalue weighted by atomic mass is 9.74. The molecule has 0 radical (unpaired) electrons. The molecule has 28 heavy (non-hydrogen) atoms. The van der Waals surface area contributed by atoms with E-state index in [-0.39, 0.29) is 24.5 Å². The van der Waals surface area contributed by atoms with Gasteiger partial charge in [0.1, 0.15) is 12.8 Å². The fourth-order valence-corrected chi connectivity index (χ4v) is 4.47. The van der Waals surface area contributed by atoms with Gasteiger partial charge in [-0.3, -0.25) is 9.69 Å². The molecule has 3 heterocycles. The normalized spacial score (nSPS) is 26.8. The number of ether oxygens (including phenoxy) is 1. The molecule has 0 spiro atoms. The molecule has 0 aromatic heterocycles. The summed E-state index contributed by atoms with van der Waals surface area (Å²) in [5.74, 6) is -1.68. The molecule has 0 saturated carbocycles. The number of urea groups is 1. The maximum atomic E-state index is 13.2. The van der Waals surface area contributed by atoms with Crippen LogP contribution >= 0.6 is 0 Å². The van der Waals surface area contributed by atoms with Gasteiger partial charge in [-0.2, -0.15) is 0 Å². The zero-order valence-electron chi connectivity index (χ0n) is 16.4. The lowest BCUT2D eigenvalue weighted by molar-refractivity contribution is -0.140. The smallest absolute Gasteiger partial charge is 0.336 e. The van der Waals surface area contributed by atoms with Crippen LogP contribution in [0.1, 0.15) is 37.3 Å². The number of aryl methyl sites for hydroxylation is 1. The van der Waals surface area contributed by atoms with Gasteiger partial charge in [-0.05, 0) is 24.0 Å². The molecule has 0 aliphatic carbocycles. The van der Waals surface area contributed by atoms with Crippen molar-refractivity contribution < 1.29 is 19.1 Å². The van der Waals surface area contributed by atoms with Gasteiger partial charge in [-0.25, -0.2) is 9.59 Å². The van der Waals surface area contributed by atoms with E-state index in [0.29, 0.717) is 17.8 Å². The van der Waals surface area contributed by atoms with Crippen molar-refractivity contribution in [2.75, 3.05) is 20.2 Å². The van der Waals surface area contributed by atoms with Crippen LogP contribution in [0.5, 0.6) is 0 Å². The van der Waals surface area contributed by atoms with Crippen LogP contribution in [0.3, 0.4) is 0 Å². The first kappa shape index (κ1) is 18.5. The minimum atomic E-state index is -0.578. The summed E-state index contributed by atoms with van der Waals surface area (Å²) in [4.78, 5) is 41.3. The first-order valence-corrected chi connectivity index (χ1v) is 9.81. The predicted octanol–water partition coefficient (Wildman–Crippen LogP) is 1.99. The van der Waals surface area contributed by atoms with E-state index in [1.165, 1.54) is 17.5 Å². The van der Waals surface area contributed by atoms with E-state index < -0.39 is 18.0 Å². The molecule has 3 unspecified atom stereocenters. The monoisotopic (exact) mass is 383 g/mol. The highest BCUT2D eigenvalue weighted by Gasteiger charge is 2.55. The van der Waals surface area contributed by atoms with E-state index in [1.807, 2.05) is 31.2 Å². The Morgan fingerprint density at radius 1 is 1.14 bits per heavy atom. The lowest BCUT2D eigenvalue weighted by Gasteiger charge is -2.49. The number of hydrogen-bond donors (Lipinski definition) is 1. The Labute approximate surface area is 164 Å². The number of imide groups is 1. The number of nitrogens with zero attached hydrogens (tertiary/aromatic N) is 2. The van der Waals surface area contributed by atoms with Gasteiger partial charge in [0.2, 0.25) is 5.91 Å². The van der Waals surface area contributed by atoms with Crippen LogP contribution in [-0.2, 0) is 20.7 Å². The fourth-order valence-electron chi connectivity index (χ4n) is 4.47. The van der Waals surface area contributed by atoms with E-state index >= 15 is 0 Å². The molecule has 1 N–H and O–H groups in total. The van der Waals surface area contributed by atoms with Gasteiger partial charge in [0.15, 0.2) is 0 Å². The van der Waals surface area contributed by atoms with Crippen LogP contribution < -0.4 is 5.32 Å². The maximum absolute atomic E-state index is 13.2. The van der Waals surface area contributed by atoms with Gasteiger partial charge in [0.25, 0.3) is 0 Å². The molecule has 148 valence electrons. The van der Waals surface area contributed by atoms with Crippen molar-refractivity contribution in [3.8, 4) is 0 Å². The number of carbonyl (C=O) groups excluding carboxylic acids is 3. The molecule has 1 fully saturated rings. The number of cyclic esters (lactones) is 1.